The zero-order chi connectivity index (χ0) is 17.3. The maximum Gasteiger partial charge on any atom is 0.408 e. The van der Waals surface area contributed by atoms with E-state index in [0.29, 0.717) is 0 Å². The topological polar surface area (TPSA) is 93.5 Å². The van der Waals surface area contributed by atoms with Crippen LogP contribution in [0.25, 0.3) is 0 Å². The molecule has 1 atom stereocenters. The van der Waals surface area contributed by atoms with Crippen LogP contribution in [0.3, 0.4) is 0 Å². The van der Waals surface area contributed by atoms with Gasteiger partial charge in [0.05, 0.1) is 12.2 Å². The van der Waals surface area contributed by atoms with Gasteiger partial charge >= 0.3 is 12.1 Å². The number of aryl methyl sites for hydroxylation is 1. The number of alkyl carbamates (subject to hydrolysis) is 1. The number of carbonyl (C=O) groups is 2. The normalized spacial score (nSPS) is 14.3. The van der Waals surface area contributed by atoms with Crippen molar-refractivity contribution in [3.8, 4) is 0 Å². The molecule has 7 heteroatoms. The van der Waals surface area contributed by atoms with Gasteiger partial charge in [0.2, 0.25) is 0 Å². The lowest BCUT2D eigenvalue weighted by molar-refractivity contribution is -0.144. The van der Waals surface area contributed by atoms with E-state index in [9.17, 15) is 14.7 Å². The maximum absolute atomic E-state index is 11.9. The van der Waals surface area contributed by atoms with Gasteiger partial charge in [0.25, 0.3) is 0 Å². The predicted molar refractivity (Wildman–Crippen MR) is 81.8 cm³/mol. The van der Waals surface area contributed by atoms with E-state index in [0.717, 1.165) is 17.0 Å². The minimum Gasteiger partial charge on any atom is -0.479 e. The highest BCUT2D eigenvalue weighted by molar-refractivity contribution is 5.83. The second-order valence-electron chi connectivity index (χ2n) is 6.72. The molecule has 1 aromatic heterocycles. The molecule has 22 heavy (non-hydrogen) atoms. The van der Waals surface area contributed by atoms with E-state index >= 15 is 0 Å². The molecule has 1 unspecified atom stereocenters. The molecule has 0 fully saturated rings. The van der Waals surface area contributed by atoms with Crippen LogP contribution in [0.15, 0.2) is 0 Å². The SMILES string of the molecule is Cc1nn(CC(C)(NC(=O)OC(C)(C)C)C(=O)O)c(C)c1C. The van der Waals surface area contributed by atoms with Gasteiger partial charge < -0.3 is 15.2 Å². The number of nitrogens with one attached hydrogen (secondary N) is 1. The molecule has 0 radical (unpaired) electrons. The molecule has 1 amide bonds. The summed E-state index contributed by atoms with van der Waals surface area (Å²) in [6, 6.07) is 0. The third-order valence-electron chi connectivity index (χ3n) is 3.46. The number of rotatable bonds is 4. The Morgan fingerprint density at radius 1 is 1.23 bits per heavy atom. The Balaban J connectivity index is 2.99. The van der Waals surface area contributed by atoms with Crippen molar-refractivity contribution in [2.45, 2.75) is 66.2 Å². The number of carboxylic acid groups (broad SMARTS) is 1. The Morgan fingerprint density at radius 2 is 1.77 bits per heavy atom. The van der Waals surface area contributed by atoms with E-state index < -0.39 is 23.2 Å². The Morgan fingerprint density at radius 3 is 2.14 bits per heavy atom. The molecule has 0 saturated carbocycles. The molecule has 2 N–H and O–H groups in total. The first-order chi connectivity index (χ1) is 9.85. The summed E-state index contributed by atoms with van der Waals surface area (Å²) >= 11 is 0. The van der Waals surface area contributed by atoms with E-state index in [1.54, 1.807) is 25.5 Å². The first-order valence-electron chi connectivity index (χ1n) is 7.11. The van der Waals surface area contributed by atoms with E-state index in [1.807, 2.05) is 20.8 Å². The summed E-state index contributed by atoms with van der Waals surface area (Å²) in [6.07, 6.45) is -0.768. The van der Waals surface area contributed by atoms with Crippen molar-refractivity contribution in [1.29, 1.82) is 0 Å². The van der Waals surface area contributed by atoms with Crippen molar-refractivity contribution < 1.29 is 19.4 Å². The zero-order valence-electron chi connectivity index (χ0n) is 14.3. The minimum absolute atomic E-state index is 0.0160. The quantitative estimate of drug-likeness (QED) is 0.889. The Labute approximate surface area is 130 Å². The van der Waals surface area contributed by atoms with Gasteiger partial charge in [-0.2, -0.15) is 5.10 Å². The molecule has 0 saturated heterocycles. The van der Waals surface area contributed by atoms with Gasteiger partial charge in [0, 0.05) is 5.69 Å². The van der Waals surface area contributed by atoms with Gasteiger partial charge in [-0.25, -0.2) is 9.59 Å². The summed E-state index contributed by atoms with van der Waals surface area (Å²) in [5.74, 6) is -1.15. The number of aromatic nitrogens is 2. The van der Waals surface area contributed by atoms with Gasteiger partial charge in [-0.3, -0.25) is 4.68 Å². The second-order valence-corrected chi connectivity index (χ2v) is 6.72. The molecular weight excluding hydrogens is 286 g/mol. The molecule has 7 nitrogen and oxygen atoms in total. The van der Waals surface area contributed by atoms with Crippen molar-refractivity contribution in [2.75, 3.05) is 0 Å². The van der Waals surface area contributed by atoms with Gasteiger partial charge in [-0.05, 0) is 54.0 Å². The Hall–Kier alpha value is -2.05. The average molecular weight is 311 g/mol. The number of carboxylic acids is 1. The fourth-order valence-corrected chi connectivity index (χ4v) is 1.93. The molecular formula is C15H25N3O4. The molecule has 0 spiro atoms. The van der Waals surface area contributed by atoms with Crippen molar-refractivity contribution in [3.63, 3.8) is 0 Å². The molecule has 0 aliphatic rings. The van der Waals surface area contributed by atoms with Gasteiger partial charge in [0.1, 0.15) is 5.60 Å². The highest BCUT2D eigenvalue weighted by Gasteiger charge is 2.37. The lowest BCUT2D eigenvalue weighted by Crippen LogP contribution is -2.56. The first-order valence-corrected chi connectivity index (χ1v) is 7.11. The first kappa shape index (κ1) is 18.0. The van der Waals surface area contributed by atoms with Gasteiger partial charge in [-0.1, -0.05) is 0 Å². The van der Waals surface area contributed by atoms with E-state index in [2.05, 4.69) is 10.4 Å². The average Bonchev–Trinajstić information content (AvgIpc) is 2.54. The summed E-state index contributed by atoms with van der Waals surface area (Å²) in [4.78, 5) is 23.5. The number of hydrogen-bond acceptors (Lipinski definition) is 4. The number of amides is 1. The molecule has 0 aliphatic carbocycles. The summed E-state index contributed by atoms with van der Waals surface area (Å²) < 4.78 is 6.73. The fraction of sp³-hybridized carbons (Fsp3) is 0.667. The van der Waals surface area contributed by atoms with E-state index in [4.69, 9.17) is 4.74 Å². The predicted octanol–water partition coefficient (Wildman–Crippen LogP) is 2.18. The van der Waals surface area contributed by atoms with Crippen molar-refractivity contribution in [3.05, 3.63) is 17.0 Å². The summed E-state index contributed by atoms with van der Waals surface area (Å²) in [7, 11) is 0. The van der Waals surface area contributed by atoms with Gasteiger partial charge in [-0.15, -0.1) is 0 Å². The van der Waals surface area contributed by atoms with Crippen LogP contribution in [0.4, 0.5) is 4.79 Å². The van der Waals surface area contributed by atoms with Gasteiger partial charge in [0.15, 0.2) is 5.54 Å². The van der Waals surface area contributed by atoms with Crippen LogP contribution in [-0.2, 0) is 16.1 Å². The maximum atomic E-state index is 11.9. The molecule has 0 aromatic carbocycles. The third kappa shape index (κ3) is 4.22. The number of ether oxygens (including phenoxy) is 1. The Bertz CT molecular complexity index is 586. The molecule has 0 aliphatic heterocycles. The minimum atomic E-state index is -1.52. The van der Waals surface area contributed by atoms with Crippen molar-refractivity contribution >= 4 is 12.1 Å². The highest BCUT2D eigenvalue weighted by Crippen LogP contribution is 2.16. The van der Waals surface area contributed by atoms with Crippen LogP contribution in [0.1, 0.15) is 44.6 Å². The lowest BCUT2D eigenvalue weighted by Gasteiger charge is -2.28. The summed E-state index contributed by atoms with van der Waals surface area (Å²) in [6.45, 7) is 12.3. The zero-order valence-corrected chi connectivity index (χ0v) is 14.3. The van der Waals surface area contributed by atoms with E-state index in [1.165, 1.54) is 6.92 Å². The number of carbonyl (C=O) groups excluding carboxylic acids is 1. The molecule has 0 bridgehead atoms. The van der Waals surface area contributed by atoms with Crippen LogP contribution < -0.4 is 5.32 Å². The highest BCUT2D eigenvalue weighted by atomic mass is 16.6. The van der Waals surface area contributed by atoms with Crippen LogP contribution in [-0.4, -0.2) is 38.1 Å². The smallest absolute Gasteiger partial charge is 0.408 e. The second kappa shape index (κ2) is 5.98. The van der Waals surface area contributed by atoms with E-state index in [-0.39, 0.29) is 6.54 Å². The summed E-state index contributed by atoms with van der Waals surface area (Å²) in [5.41, 5.74) is 0.500. The number of hydrogen-bond donors (Lipinski definition) is 2. The molecule has 1 aromatic rings. The standard InChI is InChI=1S/C15H25N3O4/c1-9-10(2)17-18(11(9)3)8-15(7,12(19)20)16-13(21)22-14(4,5)6/h8H2,1-7H3,(H,16,21)(H,19,20). The van der Waals surface area contributed by atoms with Crippen molar-refractivity contribution in [1.82, 2.24) is 15.1 Å². The Kier molecular flexibility index (Phi) is 4.89. The van der Waals surface area contributed by atoms with Crippen LogP contribution in [0.5, 0.6) is 0 Å². The largest absolute Gasteiger partial charge is 0.479 e. The molecule has 1 rings (SSSR count). The lowest BCUT2D eigenvalue weighted by atomic mass is 10.0. The van der Waals surface area contributed by atoms with Crippen molar-refractivity contribution in [2.24, 2.45) is 0 Å². The summed E-state index contributed by atoms with van der Waals surface area (Å²) in [5, 5.41) is 16.2. The van der Waals surface area contributed by atoms with Crippen LogP contribution >= 0.6 is 0 Å². The fourth-order valence-electron chi connectivity index (χ4n) is 1.93. The number of aliphatic carboxylic acids is 1. The third-order valence-corrected chi connectivity index (χ3v) is 3.46. The monoisotopic (exact) mass is 311 g/mol. The van der Waals surface area contributed by atoms with Crippen LogP contribution in [0.2, 0.25) is 0 Å². The molecule has 1 heterocycles. The van der Waals surface area contributed by atoms with Crippen LogP contribution in [0, 0.1) is 20.8 Å². The molecule has 124 valence electrons. The number of nitrogens with zero attached hydrogens (tertiary/aromatic N) is 2.